The first-order valence-electron chi connectivity index (χ1n) is 10.8. The summed E-state index contributed by atoms with van der Waals surface area (Å²) in [7, 11) is -1.75. The number of hydrogen-bond acceptors (Lipinski definition) is 6. The first-order chi connectivity index (χ1) is 16.3. The largest absolute Gasteiger partial charge is 0.368 e. The van der Waals surface area contributed by atoms with Crippen molar-refractivity contribution in [2.75, 3.05) is 29.6 Å². The molecule has 3 aromatic rings. The fourth-order valence-corrected chi connectivity index (χ4v) is 5.78. The summed E-state index contributed by atoms with van der Waals surface area (Å²) in [5, 5.41) is 2.85. The van der Waals surface area contributed by atoms with Gasteiger partial charge in [-0.2, -0.15) is 0 Å². The maximum atomic E-state index is 13.2. The fourth-order valence-electron chi connectivity index (χ4n) is 4.80. The molecule has 3 heterocycles. The molecule has 35 heavy (non-hydrogen) atoms. The highest BCUT2D eigenvalue weighted by Crippen LogP contribution is 2.57. The number of aryl methyl sites for hydroxylation is 1. The topological polar surface area (TPSA) is 97.2 Å². The second-order valence-electron chi connectivity index (χ2n) is 9.46. The Bertz CT molecular complexity index is 1420. The number of sulfone groups is 1. The van der Waals surface area contributed by atoms with Gasteiger partial charge in [0.2, 0.25) is 5.92 Å². The Morgan fingerprint density at radius 2 is 1.77 bits per heavy atom. The van der Waals surface area contributed by atoms with Crippen LogP contribution in [-0.4, -0.2) is 54.1 Å². The molecule has 2 fully saturated rings. The number of nitrogens with zero attached hydrogens (tertiary/aromatic N) is 4. The van der Waals surface area contributed by atoms with Gasteiger partial charge in [-0.3, -0.25) is 4.79 Å². The van der Waals surface area contributed by atoms with Crippen LogP contribution in [0.3, 0.4) is 0 Å². The lowest BCUT2D eigenvalue weighted by atomic mass is 9.61. The number of amides is 1. The number of alkyl halides is 2. The van der Waals surface area contributed by atoms with Crippen molar-refractivity contribution in [3.63, 3.8) is 0 Å². The first-order valence-corrected chi connectivity index (χ1v) is 13.0. The lowest BCUT2D eigenvalue weighted by Gasteiger charge is -2.59. The zero-order valence-electron chi connectivity index (χ0n) is 18.9. The van der Waals surface area contributed by atoms with Crippen LogP contribution in [0.25, 0.3) is 11.5 Å². The number of benzene rings is 1. The molecule has 1 saturated carbocycles. The van der Waals surface area contributed by atoms with E-state index in [-0.39, 0.29) is 33.9 Å². The van der Waals surface area contributed by atoms with E-state index >= 15 is 0 Å². The Balaban J connectivity index is 1.28. The normalized spacial score (nSPS) is 18.1. The van der Waals surface area contributed by atoms with Gasteiger partial charge >= 0.3 is 0 Å². The standard InChI is InChI=1S/C23H22ClF2N5O3S/c1-30-9-14(21(32)29-16-4-15(24)5-18(6-16)35(2,33)34)3-19(30)20-27-7-17(8-28-20)31-12-22(13-31)10-23(25,26)11-22/h3-9H,10-13H2,1-2H3,(H,29,32). The summed E-state index contributed by atoms with van der Waals surface area (Å²) in [5.41, 5.74) is 1.66. The van der Waals surface area contributed by atoms with Gasteiger partial charge in [-0.1, -0.05) is 11.6 Å². The number of halogens is 3. The van der Waals surface area contributed by atoms with E-state index in [1.54, 1.807) is 36.3 Å². The maximum absolute atomic E-state index is 13.2. The third-order valence-corrected chi connectivity index (χ3v) is 7.69. The van der Waals surface area contributed by atoms with Crippen molar-refractivity contribution in [3.05, 3.63) is 53.4 Å². The van der Waals surface area contributed by atoms with Gasteiger partial charge in [0.25, 0.3) is 5.91 Å². The van der Waals surface area contributed by atoms with Gasteiger partial charge in [-0.25, -0.2) is 27.2 Å². The van der Waals surface area contributed by atoms with Gasteiger partial charge in [0.15, 0.2) is 15.7 Å². The van der Waals surface area contributed by atoms with E-state index in [4.69, 9.17) is 11.6 Å². The second-order valence-corrected chi connectivity index (χ2v) is 11.9. The van der Waals surface area contributed by atoms with E-state index in [1.165, 1.54) is 18.2 Å². The number of carbonyl (C=O) groups excluding carboxylic acids is 1. The monoisotopic (exact) mass is 521 g/mol. The van der Waals surface area contributed by atoms with Crippen molar-refractivity contribution >= 4 is 38.7 Å². The molecule has 1 N–H and O–H groups in total. The molecule has 0 radical (unpaired) electrons. The third-order valence-electron chi connectivity index (χ3n) is 6.38. The highest BCUT2D eigenvalue weighted by Gasteiger charge is 2.61. The molecule has 184 valence electrons. The highest BCUT2D eigenvalue weighted by atomic mass is 35.5. The molecule has 12 heteroatoms. The molecule has 0 unspecified atom stereocenters. The number of nitrogens with one attached hydrogen (secondary N) is 1. The van der Waals surface area contributed by atoms with Crippen molar-refractivity contribution in [2.24, 2.45) is 12.5 Å². The predicted octanol–water partition coefficient (Wildman–Crippen LogP) is 4.03. The summed E-state index contributed by atoms with van der Waals surface area (Å²) < 4.78 is 51.8. The molecule has 1 aliphatic heterocycles. The van der Waals surface area contributed by atoms with Crippen molar-refractivity contribution in [1.29, 1.82) is 0 Å². The van der Waals surface area contributed by atoms with E-state index < -0.39 is 21.7 Å². The van der Waals surface area contributed by atoms with E-state index in [0.717, 1.165) is 11.9 Å². The lowest BCUT2D eigenvalue weighted by molar-refractivity contribution is -0.170. The van der Waals surface area contributed by atoms with Gasteiger partial charge in [0, 0.05) is 61.6 Å². The number of rotatable bonds is 5. The summed E-state index contributed by atoms with van der Waals surface area (Å²) >= 11 is 6.01. The van der Waals surface area contributed by atoms with E-state index in [1.807, 2.05) is 4.90 Å². The molecule has 0 bridgehead atoms. The van der Waals surface area contributed by atoms with Crippen molar-refractivity contribution in [3.8, 4) is 11.5 Å². The fraction of sp³-hybridized carbons (Fsp3) is 0.348. The number of hydrogen-bond donors (Lipinski definition) is 1. The average molecular weight is 522 g/mol. The van der Waals surface area contributed by atoms with E-state index in [2.05, 4.69) is 15.3 Å². The van der Waals surface area contributed by atoms with Gasteiger partial charge in [-0.05, 0) is 24.3 Å². The second kappa shape index (κ2) is 7.99. The molecule has 8 nitrogen and oxygen atoms in total. The van der Waals surface area contributed by atoms with Crippen LogP contribution in [0.2, 0.25) is 5.02 Å². The average Bonchev–Trinajstić information content (AvgIpc) is 3.11. The Hall–Kier alpha value is -3.05. The third kappa shape index (κ3) is 4.62. The van der Waals surface area contributed by atoms with Crippen LogP contribution in [0.15, 0.2) is 47.8 Å². The molecule has 2 aromatic heterocycles. The lowest BCUT2D eigenvalue weighted by Crippen LogP contribution is -2.66. The van der Waals surface area contributed by atoms with Crippen LogP contribution < -0.4 is 10.2 Å². The van der Waals surface area contributed by atoms with Gasteiger partial charge in [-0.15, -0.1) is 0 Å². The quantitative estimate of drug-likeness (QED) is 0.544. The predicted molar refractivity (Wildman–Crippen MR) is 128 cm³/mol. The Kier molecular flexibility index (Phi) is 5.41. The Morgan fingerprint density at radius 1 is 1.11 bits per heavy atom. The summed E-state index contributed by atoms with van der Waals surface area (Å²) in [6.07, 6.45) is 5.85. The van der Waals surface area contributed by atoms with Gasteiger partial charge in [0.05, 0.1) is 34.2 Å². The van der Waals surface area contributed by atoms with Crippen LogP contribution >= 0.6 is 11.6 Å². The minimum Gasteiger partial charge on any atom is -0.368 e. The van der Waals surface area contributed by atoms with Crippen LogP contribution in [-0.2, 0) is 16.9 Å². The summed E-state index contributed by atoms with van der Waals surface area (Å²) in [5.74, 6) is -2.58. The molecular weight excluding hydrogens is 500 g/mol. The Morgan fingerprint density at radius 3 is 2.37 bits per heavy atom. The molecular formula is C23H22ClF2N5O3S. The van der Waals surface area contributed by atoms with Gasteiger partial charge in [0.1, 0.15) is 0 Å². The van der Waals surface area contributed by atoms with Gasteiger partial charge < -0.3 is 14.8 Å². The summed E-state index contributed by atoms with van der Waals surface area (Å²) in [6, 6.07) is 5.75. The SMILES string of the molecule is Cn1cc(C(=O)Nc2cc(Cl)cc(S(C)(=O)=O)c2)cc1-c1ncc(N2CC3(C2)CC(F)(F)C3)cn1. The minimum atomic E-state index is -3.50. The number of carbonyl (C=O) groups is 1. The highest BCUT2D eigenvalue weighted by molar-refractivity contribution is 7.90. The molecule has 1 aliphatic carbocycles. The maximum Gasteiger partial charge on any atom is 0.257 e. The van der Waals surface area contributed by atoms with Crippen molar-refractivity contribution < 1.29 is 22.0 Å². The van der Waals surface area contributed by atoms with Crippen molar-refractivity contribution in [1.82, 2.24) is 14.5 Å². The molecule has 1 aromatic carbocycles. The van der Waals surface area contributed by atoms with E-state index in [9.17, 15) is 22.0 Å². The molecule has 5 rings (SSSR count). The molecule has 1 amide bonds. The number of aromatic nitrogens is 3. The van der Waals surface area contributed by atoms with Crippen LogP contribution in [0.4, 0.5) is 20.2 Å². The Labute approximate surface area is 205 Å². The molecule has 2 aliphatic rings. The van der Waals surface area contributed by atoms with E-state index in [0.29, 0.717) is 30.2 Å². The smallest absolute Gasteiger partial charge is 0.257 e. The van der Waals surface area contributed by atoms with Crippen molar-refractivity contribution in [2.45, 2.75) is 23.7 Å². The van der Waals surface area contributed by atoms with Crippen LogP contribution in [0.5, 0.6) is 0 Å². The molecule has 1 spiro atoms. The number of anilines is 2. The minimum absolute atomic E-state index is 0.00156. The molecule has 1 saturated heterocycles. The zero-order valence-corrected chi connectivity index (χ0v) is 20.5. The molecule has 0 atom stereocenters. The summed E-state index contributed by atoms with van der Waals surface area (Å²) in [4.78, 5) is 23.6. The summed E-state index contributed by atoms with van der Waals surface area (Å²) in [6.45, 7) is 1.15. The first kappa shape index (κ1) is 23.7. The van der Waals surface area contributed by atoms with Crippen LogP contribution in [0, 0.1) is 5.41 Å². The van der Waals surface area contributed by atoms with Crippen LogP contribution in [0.1, 0.15) is 23.2 Å². The zero-order chi connectivity index (χ0) is 25.2.